The highest BCUT2D eigenvalue weighted by atomic mass is 16.5. The van der Waals surface area contributed by atoms with E-state index >= 15 is 0 Å². The van der Waals surface area contributed by atoms with Crippen molar-refractivity contribution in [3.05, 3.63) is 24.0 Å². The van der Waals surface area contributed by atoms with E-state index < -0.39 is 0 Å². The summed E-state index contributed by atoms with van der Waals surface area (Å²) in [5, 5.41) is 3.34. The van der Waals surface area contributed by atoms with Gasteiger partial charge in [0.1, 0.15) is 5.75 Å². The Morgan fingerprint density at radius 1 is 1.45 bits per heavy atom. The first kappa shape index (κ1) is 15.3. The highest BCUT2D eigenvalue weighted by Gasteiger charge is 2.14. The first-order valence-corrected chi connectivity index (χ1v) is 7.78. The van der Waals surface area contributed by atoms with Gasteiger partial charge in [0.05, 0.1) is 24.6 Å². The maximum absolute atomic E-state index is 5.71. The van der Waals surface area contributed by atoms with Gasteiger partial charge in [0, 0.05) is 13.2 Å². The maximum atomic E-state index is 5.71. The van der Waals surface area contributed by atoms with Gasteiger partial charge in [-0.1, -0.05) is 6.92 Å². The smallest absolute Gasteiger partial charge is 0.137 e. The van der Waals surface area contributed by atoms with Crippen molar-refractivity contribution in [1.29, 1.82) is 0 Å². The van der Waals surface area contributed by atoms with Crippen molar-refractivity contribution in [2.24, 2.45) is 0 Å². The van der Waals surface area contributed by atoms with E-state index in [9.17, 15) is 0 Å². The molecule has 0 amide bonds. The second-order valence-corrected chi connectivity index (χ2v) is 5.29. The fourth-order valence-corrected chi connectivity index (χ4v) is 2.37. The van der Waals surface area contributed by atoms with Crippen LogP contribution in [0.4, 0.5) is 0 Å². The normalized spacial score (nSPS) is 18.4. The zero-order valence-corrected chi connectivity index (χ0v) is 12.4. The Morgan fingerprint density at radius 3 is 3.10 bits per heavy atom. The minimum Gasteiger partial charge on any atom is -0.492 e. The van der Waals surface area contributed by atoms with Crippen LogP contribution in [-0.2, 0) is 11.3 Å². The molecule has 20 heavy (non-hydrogen) atoms. The van der Waals surface area contributed by atoms with Crippen LogP contribution in [0, 0.1) is 0 Å². The molecule has 1 fully saturated rings. The molecule has 2 heterocycles. The molecular formula is C16H26N2O2. The van der Waals surface area contributed by atoms with Gasteiger partial charge < -0.3 is 14.8 Å². The molecule has 0 aromatic carbocycles. The average molecular weight is 278 g/mol. The topological polar surface area (TPSA) is 43.4 Å². The molecule has 4 nitrogen and oxygen atoms in total. The van der Waals surface area contributed by atoms with E-state index in [1.54, 1.807) is 0 Å². The summed E-state index contributed by atoms with van der Waals surface area (Å²) in [5.41, 5.74) is 1.06. The number of rotatable bonds is 9. The Kier molecular flexibility index (Phi) is 6.81. The molecule has 0 saturated carbocycles. The Bertz CT molecular complexity index is 361. The lowest BCUT2D eigenvalue weighted by Gasteiger charge is -2.10. The number of hydrogen-bond acceptors (Lipinski definition) is 4. The largest absolute Gasteiger partial charge is 0.492 e. The van der Waals surface area contributed by atoms with Crippen molar-refractivity contribution in [1.82, 2.24) is 10.3 Å². The highest BCUT2D eigenvalue weighted by molar-refractivity contribution is 5.19. The molecule has 1 aliphatic heterocycles. The highest BCUT2D eigenvalue weighted by Crippen LogP contribution is 2.17. The van der Waals surface area contributed by atoms with Crippen molar-refractivity contribution >= 4 is 0 Å². The molecule has 2 rings (SSSR count). The number of nitrogens with one attached hydrogen (secondary N) is 1. The van der Waals surface area contributed by atoms with Crippen molar-refractivity contribution in [3.63, 3.8) is 0 Å². The van der Waals surface area contributed by atoms with Crippen LogP contribution in [0.15, 0.2) is 18.3 Å². The van der Waals surface area contributed by atoms with Crippen LogP contribution < -0.4 is 10.1 Å². The molecule has 1 aliphatic rings. The first-order chi connectivity index (χ1) is 9.88. The van der Waals surface area contributed by atoms with E-state index in [4.69, 9.17) is 9.47 Å². The van der Waals surface area contributed by atoms with Crippen LogP contribution in [-0.4, -0.2) is 30.8 Å². The zero-order valence-electron chi connectivity index (χ0n) is 12.4. The third-order valence-electron chi connectivity index (χ3n) is 3.49. The second kappa shape index (κ2) is 8.93. The molecule has 1 unspecified atom stereocenters. The van der Waals surface area contributed by atoms with Crippen LogP contribution in [0.1, 0.15) is 44.7 Å². The lowest BCUT2D eigenvalue weighted by Crippen LogP contribution is -2.14. The number of aromatic nitrogens is 1. The molecule has 112 valence electrons. The van der Waals surface area contributed by atoms with Crippen molar-refractivity contribution in [2.75, 3.05) is 19.8 Å². The Balaban J connectivity index is 1.60. The molecule has 0 aliphatic carbocycles. The van der Waals surface area contributed by atoms with Crippen LogP contribution in [0.3, 0.4) is 0 Å². The summed E-state index contributed by atoms with van der Waals surface area (Å²) in [4.78, 5) is 4.39. The number of hydrogen-bond donors (Lipinski definition) is 1. The van der Waals surface area contributed by atoms with Gasteiger partial charge in [0.25, 0.3) is 0 Å². The zero-order chi connectivity index (χ0) is 14.0. The average Bonchev–Trinajstić information content (AvgIpc) is 2.99. The quantitative estimate of drug-likeness (QED) is 0.705. The van der Waals surface area contributed by atoms with Crippen molar-refractivity contribution < 1.29 is 9.47 Å². The van der Waals surface area contributed by atoms with Crippen LogP contribution in [0.5, 0.6) is 5.75 Å². The molecule has 1 aromatic rings. The number of ether oxygens (including phenoxy) is 2. The second-order valence-electron chi connectivity index (χ2n) is 5.29. The Labute approximate surface area is 121 Å². The summed E-state index contributed by atoms with van der Waals surface area (Å²) in [6, 6.07) is 4.03. The Morgan fingerprint density at radius 2 is 2.40 bits per heavy atom. The van der Waals surface area contributed by atoms with E-state index in [0.29, 0.717) is 6.10 Å². The fourth-order valence-electron chi connectivity index (χ4n) is 2.37. The standard InChI is InChI=1S/C16H26N2O2/c1-2-9-17-12-14-7-8-16(13-18-14)20-11-4-6-15-5-3-10-19-15/h7-8,13,15,17H,2-6,9-12H2,1H3. The number of nitrogens with zero attached hydrogens (tertiary/aromatic N) is 1. The van der Waals surface area contributed by atoms with Gasteiger partial charge in [0.2, 0.25) is 0 Å². The monoisotopic (exact) mass is 278 g/mol. The van der Waals surface area contributed by atoms with Gasteiger partial charge in [0.15, 0.2) is 0 Å². The van der Waals surface area contributed by atoms with Crippen LogP contribution in [0.25, 0.3) is 0 Å². The third kappa shape index (κ3) is 5.47. The van der Waals surface area contributed by atoms with Gasteiger partial charge in [-0.05, 0) is 50.8 Å². The SMILES string of the molecule is CCCNCc1ccc(OCCCC2CCCO2)cn1. The molecule has 1 atom stereocenters. The van der Waals surface area contributed by atoms with Crippen molar-refractivity contribution in [3.8, 4) is 5.75 Å². The van der Waals surface area contributed by atoms with E-state index in [1.165, 1.54) is 12.8 Å². The van der Waals surface area contributed by atoms with Gasteiger partial charge in [-0.25, -0.2) is 0 Å². The molecule has 1 aromatic heterocycles. The molecular weight excluding hydrogens is 252 g/mol. The van der Waals surface area contributed by atoms with E-state index in [1.807, 2.05) is 18.3 Å². The molecule has 4 heteroatoms. The van der Waals surface area contributed by atoms with Gasteiger partial charge in [-0.3, -0.25) is 4.98 Å². The summed E-state index contributed by atoms with van der Waals surface area (Å²) in [5.74, 6) is 0.858. The molecule has 1 N–H and O–H groups in total. The van der Waals surface area contributed by atoms with E-state index in [-0.39, 0.29) is 0 Å². The molecule has 0 bridgehead atoms. The first-order valence-electron chi connectivity index (χ1n) is 7.78. The summed E-state index contributed by atoms with van der Waals surface area (Å²) >= 11 is 0. The Hall–Kier alpha value is -1.13. The summed E-state index contributed by atoms with van der Waals surface area (Å²) < 4.78 is 11.3. The number of pyridine rings is 1. The van der Waals surface area contributed by atoms with Crippen LogP contribution >= 0.6 is 0 Å². The van der Waals surface area contributed by atoms with E-state index in [0.717, 1.165) is 57.0 Å². The molecule has 0 radical (unpaired) electrons. The summed E-state index contributed by atoms with van der Waals surface area (Å²) in [6.45, 7) is 5.70. The summed E-state index contributed by atoms with van der Waals surface area (Å²) in [7, 11) is 0. The predicted molar refractivity (Wildman–Crippen MR) is 79.9 cm³/mol. The third-order valence-corrected chi connectivity index (χ3v) is 3.49. The molecule has 0 spiro atoms. The maximum Gasteiger partial charge on any atom is 0.137 e. The van der Waals surface area contributed by atoms with E-state index in [2.05, 4.69) is 17.2 Å². The summed E-state index contributed by atoms with van der Waals surface area (Å²) in [6.07, 6.45) is 7.99. The van der Waals surface area contributed by atoms with Gasteiger partial charge >= 0.3 is 0 Å². The van der Waals surface area contributed by atoms with Gasteiger partial charge in [-0.2, -0.15) is 0 Å². The minimum atomic E-state index is 0.462. The lowest BCUT2D eigenvalue weighted by molar-refractivity contribution is 0.0981. The fraction of sp³-hybridized carbons (Fsp3) is 0.688. The molecule has 1 saturated heterocycles. The predicted octanol–water partition coefficient (Wildman–Crippen LogP) is 2.92. The van der Waals surface area contributed by atoms with Gasteiger partial charge in [-0.15, -0.1) is 0 Å². The lowest BCUT2D eigenvalue weighted by atomic mass is 10.1. The van der Waals surface area contributed by atoms with Crippen molar-refractivity contribution in [2.45, 2.75) is 51.7 Å². The van der Waals surface area contributed by atoms with Crippen LogP contribution in [0.2, 0.25) is 0 Å². The minimum absolute atomic E-state index is 0.462.